The average molecular weight is 305 g/mol. The number of ether oxygens (including phenoxy) is 3. The molecule has 4 unspecified atom stereocenters. The van der Waals surface area contributed by atoms with Crippen LogP contribution in [0.5, 0.6) is 17.2 Å². The minimum atomic E-state index is -0.585. The second-order valence-electron chi connectivity index (χ2n) is 5.71. The molecule has 0 aliphatic heterocycles. The van der Waals surface area contributed by atoms with E-state index in [9.17, 15) is 10.1 Å². The van der Waals surface area contributed by atoms with Gasteiger partial charge in [-0.2, -0.15) is 0 Å². The van der Waals surface area contributed by atoms with Gasteiger partial charge in [-0.3, -0.25) is 10.1 Å². The van der Waals surface area contributed by atoms with Crippen molar-refractivity contribution in [2.75, 3.05) is 21.3 Å². The Balaban J connectivity index is 2.08. The summed E-state index contributed by atoms with van der Waals surface area (Å²) in [5.74, 6) is 1.63. The Hall–Kier alpha value is -2.24. The van der Waals surface area contributed by atoms with Gasteiger partial charge in [-0.1, -0.05) is 12.2 Å². The van der Waals surface area contributed by atoms with E-state index in [1.165, 1.54) is 0 Å². The first-order chi connectivity index (χ1) is 10.6. The molecule has 0 amide bonds. The lowest BCUT2D eigenvalue weighted by Crippen LogP contribution is -2.31. The first-order valence-corrected chi connectivity index (χ1v) is 7.22. The quantitative estimate of drug-likeness (QED) is 0.475. The third-order valence-corrected chi connectivity index (χ3v) is 4.73. The fraction of sp³-hybridized carbons (Fsp3) is 0.500. The third-order valence-electron chi connectivity index (χ3n) is 4.73. The van der Waals surface area contributed by atoms with Crippen molar-refractivity contribution in [1.82, 2.24) is 0 Å². The molecule has 0 aromatic heterocycles. The molecular formula is C16H19NO5. The number of hydrogen-bond acceptors (Lipinski definition) is 5. The van der Waals surface area contributed by atoms with Gasteiger partial charge in [0.25, 0.3) is 0 Å². The van der Waals surface area contributed by atoms with Crippen LogP contribution in [0.4, 0.5) is 0 Å². The molecule has 0 saturated heterocycles. The molecule has 0 spiro atoms. The van der Waals surface area contributed by atoms with Crippen molar-refractivity contribution in [3.63, 3.8) is 0 Å². The second-order valence-corrected chi connectivity index (χ2v) is 5.71. The van der Waals surface area contributed by atoms with Crippen molar-refractivity contribution in [2.24, 2.45) is 11.8 Å². The van der Waals surface area contributed by atoms with Crippen LogP contribution in [0, 0.1) is 22.0 Å². The predicted octanol–water partition coefficient (Wildman–Crippen LogP) is 2.65. The van der Waals surface area contributed by atoms with Gasteiger partial charge in [0, 0.05) is 10.8 Å². The summed E-state index contributed by atoms with van der Waals surface area (Å²) >= 11 is 0. The largest absolute Gasteiger partial charge is 0.493 e. The monoisotopic (exact) mass is 305 g/mol. The molecule has 2 aliphatic rings. The highest BCUT2D eigenvalue weighted by molar-refractivity contribution is 5.55. The van der Waals surface area contributed by atoms with Gasteiger partial charge in [0.1, 0.15) is 0 Å². The van der Waals surface area contributed by atoms with Crippen LogP contribution < -0.4 is 14.2 Å². The molecular weight excluding hydrogens is 286 g/mol. The lowest BCUT2D eigenvalue weighted by Gasteiger charge is -2.24. The van der Waals surface area contributed by atoms with Crippen molar-refractivity contribution in [2.45, 2.75) is 18.4 Å². The van der Waals surface area contributed by atoms with Crippen LogP contribution in [0.2, 0.25) is 0 Å². The molecule has 0 N–H and O–H groups in total. The fourth-order valence-electron chi connectivity index (χ4n) is 3.82. The number of nitrogens with zero attached hydrogens (tertiary/aromatic N) is 1. The van der Waals surface area contributed by atoms with Crippen LogP contribution in [0.15, 0.2) is 24.3 Å². The van der Waals surface area contributed by atoms with Crippen molar-refractivity contribution in [3.05, 3.63) is 40.0 Å². The molecule has 3 rings (SSSR count). The van der Waals surface area contributed by atoms with E-state index in [0.29, 0.717) is 17.2 Å². The Morgan fingerprint density at radius 2 is 1.64 bits per heavy atom. The van der Waals surface area contributed by atoms with Crippen LogP contribution in [-0.2, 0) is 0 Å². The topological polar surface area (TPSA) is 70.8 Å². The number of methoxy groups -OCH3 is 3. The predicted molar refractivity (Wildman–Crippen MR) is 80.4 cm³/mol. The summed E-state index contributed by atoms with van der Waals surface area (Å²) in [5, 5.41) is 11.5. The zero-order chi connectivity index (χ0) is 15.9. The Kier molecular flexibility index (Phi) is 3.68. The summed E-state index contributed by atoms with van der Waals surface area (Å²) in [6.07, 6.45) is 4.91. The molecule has 1 aromatic carbocycles. The van der Waals surface area contributed by atoms with Gasteiger partial charge >= 0.3 is 0 Å². The van der Waals surface area contributed by atoms with Crippen molar-refractivity contribution < 1.29 is 19.1 Å². The lowest BCUT2D eigenvalue weighted by molar-refractivity contribution is -0.530. The maximum Gasteiger partial charge on any atom is 0.226 e. The molecule has 0 radical (unpaired) electrons. The number of hydrogen-bond donors (Lipinski definition) is 0. The number of nitro groups is 1. The van der Waals surface area contributed by atoms with Gasteiger partial charge in [-0.25, -0.2) is 0 Å². The van der Waals surface area contributed by atoms with Crippen LogP contribution in [0.1, 0.15) is 17.9 Å². The molecule has 6 nitrogen and oxygen atoms in total. The minimum absolute atomic E-state index is 0.0177. The Labute approximate surface area is 128 Å². The van der Waals surface area contributed by atoms with Gasteiger partial charge < -0.3 is 14.2 Å². The molecule has 1 fully saturated rings. The maximum atomic E-state index is 11.5. The standard InChI is InChI=1S/C16H19NO5/c1-20-12-7-11(8-13(21-2)16(12)22-3)14-9-4-5-10(6-9)15(14)17(18)19/h4-5,7-10,14-15H,6H2,1-3H3. The summed E-state index contributed by atoms with van der Waals surface area (Å²) in [6, 6.07) is 3.08. The molecule has 4 atom stereocenters. The summed E-state index contributed by atoms with van der Waals surface area (Å²) in [6.45, 7) is 0. The van der Waals surface area contributed by atoms with E-state index >= 15 is 0 Å². The van der Waals surface area contributed by atoms with E-state index in [0.717, 1.165) is 12.0 Å². The van der Waals surface area contributed by atoms with Crippen molar-refractivity contribution in [1.29, 1.82) is 0 Å². The Bertz CT molecular complexity index is 602. The normalized spacial score (nSPS) is 28.7. The van der Waals surface area contributed by atoms with Gasteiger partial charge in [0.05, 0.1) is 27.2 Å². The summed E-state index contributed by atoms with van der Waals surface area (Å²) in [4.78, 5) is 11.3. The van der Waals surface area contributed by atoms with Crippen LogP contribution in [0.25, 0.3) is 0 Å². The van der Waals surface area contributed by atoms with Crippen LogP contribution in [0.3, 0.4) is 0 Å². The zero-order valence-electron chi connectivity index (χ0n) is 12.8. The third kappa shape index (κ3) is 2.10. The molecule has 6 heteroatoms. The highest BCUT2D eigenvalue weighted by atomic mass is 16.6. The van der Waals surface area contributed by atoms with E-state index < -0.39 is 6.04 Å². The van der Waals surface area contributed by atoms with E-state index in [2.05, 4.69) is 6.08 Å². The maximum absolute atomic E-state index is 11.5. The summed E-state index contributed by atoms with van der Waals surface area (Å²) in [5.41, 5.74) is 0.869. The number of rotatable bonds is 5. The highest BCUT2D eigenvalue weighted by Crippen LogP contribution is 2.52. The highest BCUT2D eigenvalue weighted by Gasteiger charge is 2.52. The number of fused-ring (bicyclic) bond motifs is 2. The van der Waals surface area contributed by atoms with E-state index in [1.54, 1.807) is 21.3 Å². The zero-order valence-corrected chi connectivity index (χ0v) is 12.8. The van der Waals surface area contributed by atoms with Crippen molar-refractivity contribution in [3.8, 4) is 17.2 Å². The molecule has 1 saturated carbocycles. The summed E-state index contributed by atoms with van der Waals surface area (Å²) < 4.78 is 16.0. The van der Waals surface area contributed by atoms with Gasteiger partial charge in [-0.05, 0) is 30.0 Å². The van der Waals surface area contributed by atoms with E-state index in [-0.39, 0.29) is 22.7 Å². The average Bonchev–Trinajstić information content (AvgIpc) is 3.14. The molecule has 2 bridgehead atoms. The van der Waals surface area contributed by atoms with Gasteiger partial charge in [0.2, 0.25) is 11.8 Å². The first kappa shape index (κ1) is 14.7. The molecule has 0 heterocycles. The summed E-state index contributed by atoms with van der Waals surface area (Å²) in [7, 11) is 4.64. The van der Waals surface area contributed by atoms with E-state index in [1.807, 2.05) is 18.2 Å². The first-order valence-electron chi connectivity index (χ1n) is 7.22. The molecule has 118 valence electrons. The minimum Gasteiger partial charge on any atom is -0.493 e. The second kappa shape index (κ2) is 5.51. The number of benzene rings is 1. The fourth-order valence-corrected chi connectivity index (χ4v) is 3.82. The molecule has 1 aromatic rings. The van der Waals surface area contributed by atoms with E-state index in [4.69, 9.17) is 14.2 Å². The van der Waals surface area contributed by atoms with Gasteiger partial charge in [0.15, 0.2) is 11.5 Å². The molecule has 2 aliphatic carbocycles. The van der Waals surface area contributed by atoms with Crippen LogP contribution in [-0.4, -0.2) is 32.3 Å². The smallest absolute Gasteiger partial charge is 0.226 e. The Morgan fingerprint density at radius 1 is 1.05 bits per heavy atom. The SMILES string of the molecule is COc1cc(C2C3C=CC(C3)C2[N+](=O)[O-])cc(OC)c1OC. The Morgan fingerprint density at radius 3 is 2.14 bits per heavy atom. The van der Waals surface area contributed by atoms with Crippen molar-refractivity contribution >= 4 is 0 Å². The van der Waals surface area contributed by atoms with Gasteiger partial charge in [-0.15, -0.1) is 0 Å². The molecule has 22 heavy (non-hydrogen) atoms. The number of allylic oxidation sites excluding steroid dienone is 1. The lowest BCUT2D eigenvalue weighted by atomic mass is 9.83. The van der Waals surface area contributed by atoms with Crippen LogP contribution >= 0.6 is 0 Å².